The molecule has 4 heteroatoms. The van der Waals surface area contributed by atoms with Gasteiger partial charge in [-0.3, -0.25) is 4.79 Å². The summed E-state index contributed by atoms with van der Waals surface area (Å²) in [4.78, 5) is 13.6. The van der Waals surface area contributed by atoms with Gasteiger partial charge in [0.2, 0.25) is 0 Å². The zero-order valence-corrected chi connectivity index (χ0v) is 13.6. The van der Waals surface area contributed by atoms with Crippen LogP contribution in [0.15, 0.2) is 11.6 Å². The van der Waals surface area contributed by atoms with E-state index < -0.39 is 0 Å². The van der Waals surface area contributed by atoms with Gasteiger partial charge in [-0.1, -0.05) is 11.6 Å². The average Bonchev–Trinajstić information content (AvgIpc) is 2.97. The Labute approximate surface area is 127 Å². The van der Waals surface area contributed by atoms with Gasteiger partial charge in [0.15, 0.2) is 0 Å². The molecule has 3 rings (SSSR count). The lowest BCUT2D eigenvalue weighted by Gasteiger charge is -2.22. The number of rotatable bonds is 2. The highest BCUT2D eigenvalue weighted by Crippen LogP contribution is 2.49. The van der Waals surface area contributed by atoms with Crippen LogP contribution in [0.25, 0.3) is 0 Å². The Kier molecular flexibility index (Phi) is 3.87. The summed E-state index contributed by atoms with van der Waals surface area (Å²) in [6.07, 6.45) is 6.62. The van der Waals surface area contributed by atoms with Crippen LogP contribution in [-0.2, 0) is 14.3 Å². The summed E-state index contributed by atoms with van der Waals surface area (Å²) in [6.45, 7) is 5.22. The SMILES string of the molecule is C/C1=C\CC[C@@]2(C)O[C@H]2[C@H]2OC(=O)[C@@H](C[NH+](C)C)[C@@H]2CC1. The van der Waals surface area contributed by atoms with Crippen molar-refractivity contribution < 1.29 is 19.2 Å². The molecule has 0 aromatic rings. The first-order valence-corrected chi connectivity index (χ1v) is 8.24. The molecule has 1 N–H and O–H groups in total. The highest BCUT2D eigenvalue weighted by atomic mass is 16.6. The quantitative estimate of drug-likeness (QED) is 0.469. The topological polar surface area (TPSA) is 43.3 Å². The minimum Gasteiger partial charge on any atom is -0.459 e. The van der Waals surface area contributed by atoms with Crippen molar-refractivity contribution in [3.05, 3.63) is 11.6 Å². The van der Waals surface area contributed by atoms with Crippen LogP contribution in [0.4, 0.5) is 0 Å². The fourth-order valence-electron chi connectivity index (χ4n) is 4.01. The first-order chi connectivity index (χ1) is 9.90. The van der Waals surface area contributed by atoms with Crippen molar-refractivity contribution in [2.24, 2.45) is 11.8 Å². The summed E-state index contributed by atoms with van der Waals surface area (Å²) >= 11 is 0. The molecule has 2 heterocycles. The van der Waals surface area contributed by atoms with E-state index in [9.17, 15) is 4.79 Å². The number of nitrogens with one attached hydrogen (secondary N) is 1. The van der Waals surface area contributed by atoms with Crippen LogP contribution in [-0.4, -0.2) is 44.4 Å². The molecule has 0 spiro atoms. The minimum atomic E-state index is -0.0861. The largest absolute Gasteiger partial charge is 0.459 e. The summed E-state index contributed by atoms with van der Waals surface area (Å²) in [7, 11) is 4.20. The molecule has 2 aliphatic heterocycles. The summed E-state index contributed by atoms with van der Waals surface area (Å²) in [5, 5.41) is 0. The van der Waals surface area contributed by atoms with E-state index in [1.54, 1.807) is 0 Å². The fraction of sp³-hybridized carbons (Fsp3) is 0.824. The van der Waals surface area contributed by atoms with Gasteiger partial charge >= 0.3 is 5.97 Å². The Morgan fingerprint density at radius 2 is 2.19 bits per heavy atom. The number of quaternary nitrogens is 1. The van der Waals surface area contributed by atoms with E-state index in [0.29, 0.717) is 5.92 Å². The number of hydrogen-bond acceptors (Lipinski definition) is 3. The van der Waals surface area contributed by atoms with Gasteiger partial charge < -0.3 is 14.4 Å². The normalized spacial score (nSPS) is 45.4. The molecule has 4 nitrogen and oxygen atoms in total. The van der Waals surface area contributed by atoms with Gasteiger partial charge in [0, 0.05) is 5.92 Å². The van der Waals surface area contributed by atoms with Crippen LogP contribution < -0.4 is 4.90 Å². The molecule has 0 aromatic heterocycles. The number of fused-ring (bicyclic) bond motifs is 3. The molecule has 0 bridgehead atoms. The Morgan fingerprint density at radius 1 is 1.43 bits per heavy atom. The molecule has 2 saturated heterocycles. The van der Waals surface area contributed by atoms with Gasteiger partial charge in [0.05, 0.1) is 26.2 Å². The van der Waals surface area contributed by atoms with E-state index in [1.807, 2.05) is 0 Å². The number of carbonyl (C=O) groups excluding carboxylic acids is 1. The molecule has 1 aliphatic carbocycles. The molecular weight excluding hydrogens is 266 g/mol. The van der Waals surface area contributed by atoms with Crippen molar-refractivity contribution in [1.29, 1.82) is 0 Å². The summed E-state index contributed by atoms with van der Waals surface area (Å²) in [6, 6.07) is 0. The second-order valence-corrected chi connectivity index (χ2v) is 7.56. The van der Waals surface area contributed by atoms with E-state index in [1.165, 1.54) is 10.5 Å². The van der Waals surface area contributed by atoms with Gasteiger partial charge in [0.1, 0.15) is 18.1 Å². The molecule has 21 heavy (non-hydrogen) atoms. The van der Waals surface area contributed by atoms with Crippen LogP contribution in [0.1, 0.15) is 39.5 Å². The maximum Gasteiger partial charge on any atom is 0.315 e. The number of ether oxygens (including phenoxy) is 2. The van der Waals surface area contributed by atoms with E-state index in [4.69, 9.17) is 9.47 Å². The number of allylic oxidation sites excluding steroid dienone is 2. The van der Waals surface area contributed by atoms with E-state index in [2.05, 4.69) is 34.0 Å². The lowest BCUT2D eigenvalue weighted by atomic mass is 9.80. The number of esters is 1. The van der Waals surface area contributed by atoms with Gasteiger partial charge in [0.25, 0.3) is 0 Å². The van der Waals surface area contributed by atoms with Crippen molar-refractivity contribution >= 4 is 5.97 Å². The maximum absolute atomic E-state index is 12.3. The number of carbonyl (C=O) groups is 1. The second kappa shape index (κ2) is 5.40. The van der Waals surface area contributed by atoms with Crippen molar-refractivity contribution in [1.82, 2.24) is 0 Å². The van der Waals surface area contributed by atoms with Crippen molar-refractivity contribution in [2.45, 2.75) is 57.3 Å². The molecule has 0 radical (unpaired) electrons. The second-order valence-electron chi connectivity index (χ2n) is 7.56. The highest BCUT2D eigenvalue weighted by Gasteiger charge is 2.63. The monoisotopic (exact) mass is 294 g/mol. The van der Waals surface area contributed by atoms with E-state index >= 15 is 0 Å². The lowest BCUT2D eigenvalue weighted by molar-refractivity contribution is -0.861. The Morgan fingerprint density at radius 3 is 2.90 bits per heavy atom. The van der Waals surface area contributed by atoms with Crippen molar-refractivity contribution in [3.63, 3.8) is 0 Å². The third kappa shape index (κ3) is 2.88. The standard InChI is InChI=1S/C17H27NO3/c1-11-6-5-9-17(2)15(21-17)14-12(8-7-11)13(10-18(3)4)16(19)20-14/h6,12-15H,5,7-10H2,1-4H3/p+1/b11-6+/t12-,13-,14-,15-,17+/m0/s1. The maximum atomic E-state index is 12.3. The predicted octanol–water partition coefficient (Wildman–Crippen LogP) is 0.967. The van der Waals surface area contributed by atoms with Gasteiger partial charge in [-0.2, -0.15) is 0 Å². The Balaban J connectivity index is 1.83. The van der Waals surface area contributed by atoms with Crippen LogP contribution in [0.2, 0.25) is 0 Å². The smallest absolute Gasteiger partial charge is 0.315 e. The fourth-order valence-corrected chi connectivity index (χ4v) is 4.01. The molecule has 0 saturated carbocycles. The van der Waals surface area contributed by atoms with E-state index in [0.717, 1.165) is 32.2 Å². The lowest BCUT2D eigenvalue weighted by Crippen LogP contribution is -3.06. The zero-order valence-electron chi connectivity index (χ0n) is 13.6. The third-order valence-electron chi connectivity index (χ3n) is 5.37. The molecule has 5 atom stereocenters. The first-order valence-electron chi connectivity index (χ1n) is 8.24. The highest BCUT2D eigenvalue weighted by molar-refractivity contribution is 5.75. The van der Waals surface area contributed by atoms with E-state index in [-0.39, 0.29) is 29.7 Å². The Bertz CT molecular complexity index is 459. The summed E-state index contributed by atoms with van der Waals surface area (Å²) in [5.41, 5.74) is 1.35. The van der Waals surface area contributed by atoms with Gasteiger partial charge in [-0.05, 0) is 39.5 Å². The predicted molar refractivity (Wildman–Crippen MR) is 80.0 cm³/mol. The molecule has 2 fully saturated rings. The van der Waals surface area contributed by atoms with Crippen LogP contribution in [0.5, 0.6) is 0 Å². The van der Waals surface area contributed by atoms with Crippen LogP contribution in [0.3, 0.4) is 0 Å². The van der Waals surface area contributed by atoms with Crippen LogP contribution in [0, 0.1) is 11.8 Å². The molecule has 0 aromatic carbocycles. The molecule has 3 aliphatic rings. The molecule has 118 valence electrons. The minimum absolute atomic E-state index is 0.00932. The number of epoxide rings is 1. The number of hydrogen-bond donors (Lipinski definition) is 1. The molecule has 0 unspecified atom stereocenters. The summed E-state index contributed by atoms with van der Waals surface area (Å²) in [5.74, 6) is 0.325. The van der Waals surface area contributed by atoms with Gasteiger partial charge in [-0.25, -0.2) is 0 Å². The van der Waals surface area contributed by atoms with Gasteiger partial charge in [-0.15, -0.1) is 0 Å². The summed E-state index contributed by atoms with van der Waals surface area (Å²) < 4.78 is 11.7. The van der Waals surface area contributed by atoms with Crippen molar-refractivity contribution in [2.75, 3.05) is 20.6 Å². The van der Waals surface area contributed by atoms with Crippen molar-refractivity contribution in [3.8, 4) is 0 Å². The van der Waals surface area contributed by atoms with Crippen LogP contribution >= 0.6 is 0 Å². The molecule has 0 amide bonds. The molecular formula is C17H28NO3+. The average molecular weight is 294 g/mol. The Hall–Kier alpha value is -0.870. The first kappa shape index (κ1) is 15.0. The third-order valence-corrected chi connectivity index (χ3v) is 5.37. The zero-order chi connectivity index (χ0) is 15.2.